The maximum atomic E-state index is 11.4. The Kier molecular flexibility index (Phi) is 2.23. The maximum Gasteiger partial charge on any atom is 0.347 e. The predicted molar refractivity (Wildman–Crippen MR) is 47.2 cm³/mol. The summed E-state index contributed by atoms with van der Waals surface area (Å²) in [7, 11) is 0. The lowest BCUT2D eigenvalue weighted by atomic mass is 9.95. The van der Waals surface area contributed by atoms with Crippen LogP contribution in [0.2, 0.25) is 0 Å². The van der Waals surface area contributed by atoms with Gasteiger partial charge in [-0.1, -0.05) is 30.3 Å². The van der Waals surface area contributed by atoms with Gasteiger partial charge >= 0.3 is 5.97 Å². The quantitative estimate of drug-likeness (QED) is 0.692. The molecular weight excluding hydrogens is 184 g/mol. The lowest BCUT2D eigenvalue weighted by molar-refractivity contribution is -0.147. The zero-order valence-electron chi connectivity index (χ0n) is 7.47. The summed E-state index contributed by atoms with van der Waals surface area (Å²) in [5.41, 5.74) is -0.702. The van der Waals surface area contributed by atoms with Crippen molar-refractivity contribution in [1.29, 1.82) is 0 Å². The van der Waals surface area contributed by atoms with Crippen LogP contribution in [0.3, 0.4) is 0 Å². The minimum atomic E-state index is -1.32. The Hall–Kier alpha value is -1.39. The normalized spacial score (nSPS) is 26.2. The molecule has 0 radical (unpaired) electrons. The molecule has 0 saturated carbocycles. The molecule has 0 spiro atoms. The number of esters is 1. The fraction of sp³-hybridized carbons (Fsp3) is 0.300. The van der Waals surface area contributed by atoms with E-state index in [0.29, 0.717) is 5.56 Å². The minimum Gasteiger partial charge on any atom is -0.436 e. The summed E-state index contributed by atoms with van der Waals surface area (Å²) in [6, 6.07) is 8.84. The highest BCUT2D eigenvalue weighted by atomic mass is 16.7. The van der Waals surface area contributed by atoms with Gasteiger partial charge in [0.05, 0.1) is 6.61 Å². The van der Waals surface area contributed by atoms with E-state index in [-0.39, 0.29) is 6.79 Å². The Labute approximate surface area is 81.1 Å². The van der Waals surface area contributed by atoms with Gasteiger partial charge in [-0.3, -0.25) is 0 Å². The SMILES string of the molecule is O=C1OCOC1(CO)c1ccccc1. The maximum absolute atomic E-state index is 11.4. The zero-order valence-corrected chi connectivity index (χ0v) is 7.47. The summed E-state index contributed by atoms with van der Waals surface area (Å²) in [5, 5.41) is 9.21. The van der Waals surface area contributed by atoms with Crippen molar-refractivity contribution in [2.24, 2.45) is 0 Å². The van der Waals surface area contributed by atoms with Crippen LogP contribution in [0.1, 0.15) is 5.56 Å². The van der Waals surface area contributed by atoms with Crippen LogP contribution in [-0.2, 0) is 19.9 Å². The van der Waals surface area contributed by atoms with Gasteiger partial charge < -0.3 is 14.6 Å². The van der Waals surface area contributed by atoms with E-state index in [1.165, 1.54) is 0 Å². The third kappa shape index (κ3) is 1.20. The van der Waals surface area contributed by atoms with E-state index in [4.69, 9.17) is 9.47 Å². The number of cyclic esters (lactones) is 1. The molecule has 1 fully saturated rings. The number of carbonyl (C=O) groups excluding carboxylic acids is 1. The van der Waals surface area contributed by atoms with Crippen LogP contribution in [0, 0.1) is 0 Å². The van der Waals surface area contributed by atoms with Crippen LogP contribution in [0.5, 0.6) is 0 Å². The largest absolute Gasteiger partial charge is 0.436 e. The molecule has 1 aromatic carbocycles. The molecule has 1 saturated heterocycles. The Balaban J connectivity index is 2.43. The monoisotopic (exact) mass is 194 g/mol. The first-order valence-electron chi connectivity index (χ1n) is 4.27. The lowest BCUT2D eigenvalue weighted by Crippen LogP contribution is -2.37. The summed E-state index contributed by atoms with van der Waals surface area (Å²) in [4.78, 5) is 11.4. The summed E-state index contributed by atoms with van der Waals surface area (Å²) in [6.45, 7) is -0.510. The van der Waals surface area contributed by atoms with Crippen LogP contribution >= 0.6 is 0 Å². The topological polar surface area (TPSA) is 55.8 Å². The van der Waals surface area contributed by atoms with Crippen molar-refractivity contribution in [2.45, 2.75) is 5.60 Å². The van der Waals surface area contributed by atoms with Gasteiger partial charge in [-0.15, -0.1) is 0 Å². The van der Waals surface area contributed by atoms with E-state index in [2.05, 4.69) is 0 Å². The van der Waals surface area contributed by atoms with Crippen molar-refractivity contribution in [3.8, 4) is 0 Å². The number of aliphatic hydroxyl groups is 1. The van der Waals surface area contributed by atoms with E-state index in [0.717, 1.165) is 0 Å². The Bertz CT molecular complexity index is 335. The van der Waals surface area contributed by atoms with Crippen molar-refractivity contribution in [1.82, 2.24) is 0 Å². The van der Waals surface area contributed by atoms with Gasteiger partial charge in [0.15, 0.2) is 6.79 Å². The van der Waals surface area contributed by atoms with E-state index in [9.17, 15) is 9.90 Å². The van der Waals surface area contributed by atoms with E-state index in [1.807, 2.05) is 6.07 Å². The second kappa shape index (κ2) is 3.40. The third-order valence-electron chi connectivity index (χ3n) is 2.29. The molecule has 1 N–H and O–H groups in total. The van der Waals surface area contributed by atoms with Crippen molar-refractivity contribution < 1.29 is 19.4 Å². The molecule has 14 heavy (non-hydrogen) atoms. The number of ether oxygens (including phenoxy) is 2. The van der Waals surface area contributed by atoms with Gasteiger partial charge in [0.25, 0.3) is 0 Å². The van der Waals surface area contributed by atoms with Gasteiger partial charge in [0.2, 0.25) is 5.60 Å². The standard InChI is InChI=1S/C10H10O4/c11-6-10(9(12)13-7-14-10)8-4-2-1-3-5-8/h1-5,11H,6-7H2. The van der Waals surface area contributed by atoms with Gasteiger partial charge in [0.1, 0.15) is 0 Å². The first kappa shape index (κ1) is 9.18. The van der Waals surface area contributed by atoms with Crippen molar-refractivity contribution >= 4 is 5.97 Å². The van der Waals surface area contributed by atoms with E-state index >= 15 is 0 Å². The number of aliphatic hydroxyl groups excluding tert-OH is 1. The second-order valence-corrected chi connectivity index (χ2v) is 3.05. The Morgan fingerprint density at radius 2 is 2.07 bits per heavy atom. The molecule has 0 aromatic heterocycles. The first-order chi connectivity index (χ1) is 6.79. The molecule has 1 aliphatic heterocycles. The summed E-state index contributed by atoms with van der Waals surface area (Å²) in [6.07, 6.45) is 0. The molecule has 1 aliphatic rings. The number of rotatable bonds is 2. The van der Waals surface area contributed by atoms with Crippen molar-refractivity contribution in [3.63, 3.8) is 0 Å². The predicted octanol–water partition coefficient (Wildman–Crippen LogP) is 0.405. The lowest BCUT2D eigenvalue weighted by Gasteiger charge is -2.20. The molecular formula is C10H10O4. The van der Waals surface area contributed by atoms with Gasteiger partial charge in [-0.2, -0.15) is 0 Å². The third-order valence-corrected chi connectivity index (χ3v) is 2.29. The van der Waals surface area contributed by atoms with Crippen molar-refractivity contribution in [3.05, 3.63) is 35.9 Å². The van der Waals surface area contributed by atoms with Crippen LogP contribution < -0.4 is 0 Å². The van der Waals surface area contributed by atoms with E-state index in [1.54, 1.807) is 24.3 Å². The van der Waals surface area contributed by atoms with Crippen molar-refractivity contribution in [2.75, 3.05) is 13.4 Å². The number of benzene rings is 1. The average Bonchev–Trinajstić information content (AvgIpc) is 2.62. The smallest absolute Gasteiger partial charge is 0.347 e. The molecule has 4 heteroatoms. The van der Waals surface area contributed by atoms with Gasteiger partial charge in [0, 0.05) is 0 Å². The molecule has 0 bridgehead atoms. The van der Waals surface area contributed by atoms with E-state index < -0.39 is 18.2 Å². The van der Waals surface area contributed by atoms with Crippen LogP contribution in [0.15, 0.2) is 30.3 Å². The zero-order chi connectivity index (χ0) is 10.0. The molecule has 1 aromatic rings. The molecule has 1 heterocycles. The molecule has 2 rings (SSSR count). The fourth-order valence-corrected chi connectivity index (χ4v) is 1.47. The fourth-order valence-electron chi connectivity index (χ4n) is 1.47. The first-order valence-corrected chi connectivity index (χ1v) is 4.27. The average molecular weight is 194 g/mol. The summed E-state index contributed by atoms with van der Waals surface area (Å²) in [5.74, 6) is -0.536. The molecule has 1 atom stereocenters. The number of hydrogen-bond donors (Lipinski definition) is 1. The summed E-state index contributed by atoms with van der Waals surface area (Å²) < 4.78 is 9.86. The highest BCUT2D eigenvalue weighted by molar-refractivity contribution is 5.82. The minimum absolute atomic E-state index is 0.103. The Morgan fingerprint density at radius 3 is 2.57 bits per heavy atom. The molecule has 0 amide bonds. The van der Waals surface area contributed by atoms with Crippen LogP contribution in [0.25, 0.3) is 0 Å². The summed E-state index contributed by atoms with van der Waals surface area (Å²) >= 11 is 0. The molecule has 74 valence electrons. The molecule has 1 unspecified atom stereocenters. The Morgan fingerprint density at radius 1 is 1.36 bits per heavy atom. The van der Waals surface area contributed by atoms with Gasteiger partial charge in [-0.25, -0.2) is 4.79 Å². The highest BCUT2D eigenvalue weighted by Gasteiger charge is 2.47. The van der Waals surface area contributed by atoms with Gasteiger partial charge in [-0.05, 0) is 5.56 Å². The van der Waals surface area contributed by atoms with Crippen LogP contribution in [-0.4, -0.2) is 24.5 Å². The second-order valence-electron chi connectivity index (χ2n) is 3.05. The highest BCUT2D eigenvalue weighted by Crippen LogP contribution is 2.31. The molecule has 4 nitrogen and oxygen atoms in total. The van der Waals surface area contributed by atoms with Crippen LogP contribution in [0.4, 0.5) is 0 Å². The molecule has 0 aliphatic carbocycles. The number of carbonyl (C=O) groups is 1. The number of hydrogen-bond acceptors (Lipinski definition) is 4.